The van der Waals surface area contributed by atoms with Crippen molar-refractivity contribution in [2.45, 2.75) is 36.6 Å². The lowest BCUT2D eigenvalue weighted by Gasteiger charge is -2.10. The van der Waals surface area contributed by atoms with Crippen LogP contribution in [0, 0.1) is 0 Å². The Bertz CT molecular complexity index is 966. The predicted molar refractivity (Wildman–Crippen MR) is 105 cm³/mol. The van der Waals surface area contributed by atoms with Crippen LogP contribution in [0.4, 0.5) is 5.69 Å². The van der Waals surface area contributed by atoms with E-state index < -0.39 is 16.0 Å². The molecule has 2 N–H and O–H groups in total. The number of carbonyl (C=O) groups excluding carboxylic acids is 2. The topological polar surface area (TPSA) is 102 Å². The summed E-state index contributed by atoms with van der Waals surface area (Å²) in [6.45, 7) is 0. The normalized spacial score (nSPS) is 13.8. The quantitative estimate of drug-likeness (QED) is 0.661. The molecule has 0 bridgehead atoms. The van der Waals surface area contributed by atoms with Crippen molar-refractivity contribution in [1.82, 2.24) is 4.72 Å². The van der Waals surface area contributed by atoms with Gasteiger partial charge >= 0.3 is 5.97 Å². The number of sulfonamides is 1. The van der Waals surface area contributed by atoms with E-state index in [-0.39, 0.29) is 28.8 Å². The number of hydrogen-bond acceptors (Lipinski definition) is 5. The highest BCUT2D eigenvalue weighted by Crippen LogP contribution is 2.22. The summed E-state index contributed by atoms with van der Waals surface area (Å²) in [7, 11) is -2.19. The summed E-state index contributed by atoms with van der Waals surface area (Å²) in [5.74, 6) is -0.768. The molecule has 1 saturated carbocycles. The van der Waals surface area contributed by atoms with Crippen LogP contribution in [0.1, 0.15) is 35.2 Å². The van der Waals surface area contributed by atoms with E-state index in [1.54, 1.807) is 48.5 Å². The standard InChI is InChI=1S/C20H22N2O5S/c1-27-20(24)17-4-2-3-5-18(17)21-19(23)13-8-14-6-11-16(12-7-14)28(25,26)22-15-9-10-15/h2-7,11-12,15,22H,8-10,13H2,1H3,(H,21,23). The molecule has 0 heterocycles. The van der Waals surface area contributed by atoms with Crippen molar-refractivity contribution < 1.29 is 22.7 Å². The molecule has 7 nitrogen and oxygen atoms in total. The van der Waals surface area contributed by atoms with Gasteiger partial charge in [-0.05, 0) is 49.1 Å². The van der Waals surface area contributed by atoms with Crippen LogP contribution in [0.3, 0.4) is 0 Å². The van der Waals surface area contributed by atoms with Crippen molar-refractivity contribution in [3.63, 3.8) is 0 Å². The average molecular weight is 402 g/mol. The summed E-state index contributed by atoms with van der Waals surface area (Å²) in [5, 5.41) is 2.71. The van der Waals surface area contributed by atoms with Crippen molar-refractivity contribution >= 4 is 27.6 Å². The van der Waals surface area contributed by atoms with Gasteiger partial charge in [0.1, 0.15) is 0 Å². The Morgan fingerprint density at radius 1 is 1.07 bits per heavy atom. The third kappa shape index (κ3) is 5.17. The fraction of sp³-hybridized carbons (Fsp3) is 0.300. The number of nitrogens with one attached hydrogen (secondary N) is 2. The lowest BCUT2D eigenvalue weighted by atomic mass is 10.1. The SMILES string of the molecule is COC(=O)c1ccccc1NC(=O)CCc1ccc(S(=O)(=O)NC2CC2)cc1. The molecule has 1 aliphatic rings. The van der Waals surface area contributed by atoms with E-state index in [0.29, 0.717) is 12.1 Å². The zero-order valence-corrected chi connectivity index (χ0v) is 16.3. The Kier molecular flexibility index (Phi) is 6.11. The minimum Gasteiger partial charge on any atom is -0.465 e. The summed E-state index contributed by atoms with van der Waals surface area (Å²) < 4.78 is 31.7. The maximum Gasteiger partial charge on any atom is 0.339 e. The maximum atomic E-state index is 12.2. The number of esters is 1. The average Bonchev–Trinajstić information content (AvgIpc) is 3.50. The van der Waals surface area contributed by atoms with Gasteiger partial charge in [0.15, 0.2) is 0 Å². The lowest BCUT2D eigenvalue weighted by molar-refractivity contribution is -0.116. The van der Waals surface area contributed by atoms with Gasteiger partial charge < -0.3 is 10.1 Å². The molecule has 0 radical (unpaired) electrons. The molecule has 2 aromatic rings. The first-order valence-electron chi connectivity index (χ1n) is 8.97. The summed E-state index contributed by atoms with van der Waals surface area (Å²) in [6, 6.07) is 13.2. The minimum atomic E-state index is -3.47. The summed E-state index contributed by atoms with van der Waals surface area (Å²) in [4.78, 5) is 24.2. The molecule has 2 aromatic carbocycles. The van der Waals surface area contributed by atoms with Crippen LogP contribution in [0.5, 0.6) is 0 Å². The summed E-state index contributed by atoms with van der Waals surface area (Å²) in [6.07, 6.45) is 2.40. The van der Waals surface area contributed by atoms with Crippen molar-refractivity contribution in [3.8, 4) is 0 Å². The van der Waals surface area contributed by atoms with Gasteiger partial charge in [-0.2, -0.15) is 0 Å². The monoisotopic (exact) mass is 402 g/mol. The number of ether oxygens (including phenoxy) is 1. The zero-order chi connectivity index (χ0) is 20.1. The van der Waals surface area contributed by atoms with E-state index in [2.05, 4.69) is 10.0 Å². The van der Waals surface area contributed by atoms with Crippen molar-refractivity contribution in [2.24, 2.45) is 0 Å². The van der Waals surface area contributed by atoms with Gasteiger partial charge in [-0.3, -0.25) is 4.79 Å². The second-order valence-electron chi connectivity index (χ2n) is 6.62. The van der Waals surface area contributed by atoms with Gasteiger partial charge in [-0.1, -0.05) is 24.3 Å². The van der Waals surface area contributed by atoms with E-state index in [9.17, 15) is 18.0 Å². The van der Waals surface area contributed by atoms with Crippen molar-refractivity contribution in [3.05, 3.63) is 59.7 Å². The number of hydrogen-bond donors (Lipinski definition) is 2. The second kappa shape index (κ2) is 8.53. The maximum absolute atomic E-state index is 12.2. The summed E-state index contributed by atoms with van der Waals surface area (Å²) >= 11 is 0. The Hall–Kier alpha value is -2.71. The molecule has 1 amide bonds. The predicted octanol–water partition coefficient (Wildman–Crippen LogP) is 2.49. The Morgan fingerprint density at radius 2 is 1.75 bits per heavy atom. The van der Waals surface area contributed by atoms with Gasteiger partial charge in [-0.15, -0.1) is 0 Å². The van der Waals surface area contributed by atoms with Crippen LogP contribution >= 0.6 is 0 Å². The molecule has 0 saturated heterocycles. The van der Waals surface area contributed by atoms with Gasteiger partial charge in [-0.25, -0.2) is 17.9 Å². The number of para-hydroxylation sites is 1. The van der Waals surface area contributed by atoms with Gasteiger partial charge in [0.05, 0.1) is 23.3 Å². The third-order valence-electron chi connectivity index (χ3n) is 4.38. The fourth-order valence-electron chi connectivity index (χ4n) is 2.67. The number of methoxy groups -OCH3 is 1. The van der Waals surface area contributed by atoms with Gasteiger partial charge in [0.2, 0.25) is 15.9 Å². The third-order valence-corrected chi connectivity index (χ3v) is 5.92. The minimum absolute atomic E-state index is 0.0567. The summed E-state index contributed by atoms with van der Waals surface area (Å²) in [5.41, 5.74) is 1.53. The molecule has 0 aliphatic heterocycles. The molecule has 1 aliphatic carbocycles. The first-order valence-corrected chi connectivity index (χ1v) is 10.5. The number of amides is 1. The molecular weight excluding hydrogens is 380 g/mol. The smallest absolute Gasteiger partial charge is 0.339 e. The molecule has 1 fully saturated rings. The highest BCUT2D eigenvalue weighted by Gasteiger charge is 2.27. The largest absolute Gasteiger partial charge is 0.465 e. The number of benzene rings is 2. The number of anilines is 1. The van der Waals surface area contributed by atoms with E-state index in [1.165, 1.54) is 7.11 Å². The molecule has 148 valence electrons. The van der Waals surface area contributed by atoms with Gasteiger partial charge in [0, 0.05) is 12.5 Å². The number of rotatable bonds is 8. The zero-order valence-electron chi connectivity index (χ0n) is 15.5. The number of carbonyl (C=O) groups is 2. The van der Waals surface area contributed by atoms with Crippen LogP contribution in [0.25, 0.3) is 0 Å². The fourth-order valence-corrected chi connectivity index (χ4v) is 3.98. The van der Waals surface area contributed by atoms with Crippen molar-refractivity contribution in [2.75, 3.05) is 12.4 Å². The second-order valence-corrected chi connectivity index (χ2v) is 8.34. The molecule has 3 rings (SSSR count). The molecule has 0 spiro atoms. The lowest BCUT2D eigenvalue weighted by Crippen LogP contribution is -2.25. The number of aryl methyl sites for hydroxylation is 1. The van der Waals surface area contributed by atoms with E-state index in [1.807, 2.05) is 0 Å². The van der Waals surface area contributed by atoms with E-state index in [4.69, 9.17) is 4.74 Å². The van der Waals surface area contributed by atoms with E-state index >= 15 is 0 Å². The van der Waals surface area contributed by atoms with E-state index in [0.717, 1.165) is 18.4 Å². The molecular formula is C20H22N2O5S. The molecule has 28 heavy (non-hydrogen) atoms. The molecule has 8 heteroatoms. The first-order chi connectivity index (χ1) is 13.4. The molecule has 0 unspecified atom stereocenters. The van der Waals surface area contributed by atoms with Crippen LogP contribution in [-0.2, 0) is 26.0 Å². The Balaban J connectivity index is 1.57. The van der Waals surface area contributed by atoms with Gasteiger partial charge in [0.25, 0.3) is 0 Å². The van der Waals surface area contributed by atoms with Crippen LogP contribution in [0.2, 0.25) is 0 Å². The highest BCUT2D eigenvalue weighted by atomic mass is 32.2. The Labute approximate surface area is 164 Å². The highest BCUT2D eigenvalue weighted by molar-refractivity contribution is 7.89. The first kappa shape index (κ1) is 20.0. The Morgan fingerprint density at radius 3 is 2.39 bits per heavy atom. The van der Waals surface area contributed by atoms with Crippen LogP contribution < -0.4 is 10.0 Å². The molecule has 0 aromatic heterocycles. The van der Waals surface area contributed by atoms with Crippen LogP contribution in [0.15, 0.2) is 53.4 Å². The van der Waals surface area contributed by atoms with Crippen LogP contribution in [-0.4, -0.2) is 33.4 Å². The van der Waals surface area contributed by atoms with Crippen molar-refractivity contribution in [1.29, 1.82) is 0 Å². The molecule has 0 atom stereocenters.